The summed E-state index contributed by atoms with van der Waals surface area (Å²) in [4.78, 5) is 17.9. The van der Waals surface area contributed by atoms with Gasteiger partial charge in [0.1, 0.15) is 0 Å². The molecule has 0 unspecified atom stereocenters. The van der Waals surface area contributed by atoms with Crippen molar-refractivity contribution < 1.29 is 4.79 Å². The largest absolute Gasteiger partial charge is 0.361 e. The molecule has 0 fully saturated rings. The summed E-state index contributed by atoms with van der Waals surface area (Å²) in [5.74, 6) is 0.112. The summed E-state index contributed by atoms with van der Waals surface area (Å²) in [6, 6.07) is 16.3. The summed E-state index contributed by atoms with van der Waals surface area (Å²) in [5.41, 5.74) is 4.45. The lowest BCUT2D eigenvalue weighted by Gasteiger charge is -2.21. The Labute approximate surface area is 142 Å². The van der Waals surface area contributed by atoms with Crippen LogP contribution in [0.3, 0.4) is 0 Å². The number of aromatic nitrogens is 1. The third-order valence-corrected chi connectivity index (χ3v) is 4.17. The minimum atomic E-state index is 0.112. The summed E-state index contributed by atoms with van der Waals surface area (Å²) in [7, 11) is 0. The van der Waals surface area contributed by atoms with Crippen LogP contribution in [0.1, 0.15) is 16.7 Å². The third-order valence-electron chi connectivity index (χ3n) is 4.17. The highest BCUT2D eigenvalue weighted by Crippen LogP contribution is 2.19. The van der Waals surface area contributed by atoms with E-state index in [1.165, 1.54) is 5.56 Å². The topological polar surface area (TPSA) is 36.1 Å². The first-order valence-electron chi connectivity index (χ1n) is 8.16. The molecule has 1 aromatic heterocycles. The van der Waals surface area contributed by atoms with Crippen LogP contribution in [0.5, 0.6) is 0 Å². The Bertz CT molecular complexity index is 863. The first kappa shape index (κ1) is 16.1. The molecule has 3 aromatic rings. The van der Waals surface area contributed by atoms with Gasteiger partial charge >= 0.3 is 0 Å². The van der Waals surface area contributed by atoms with Crippen LogP contribution in [0, 0.1) is 6.92 Å². The number of nitrogens with zero attached hydrogens (tertiary/aromatic N) is 1. The maximum Gasteiger partial charge on any atom is 0.227 e. The second-order valence-electron chi connectivity index (χ2n) is 6.09. The molecule has 1 amide bonds. The number of rotatable bonds is 6. The summed E-state index contributed by atoms with van der Waals surface area (Å²) < 4.78 is 0. The molecule has 3 heteroatoms. The van der Waals surface area contributed by atoms with Gasteiger partial charge < -0.3 is 9.88 Å². The van der Waals surface area contributed by atoms with Crippen LogP contribution < -0.4 is 0 Å². The molecule has 122 valence electrons. The number of H-pyrrole nitrogens is 1. The molecule has 0 bridgehead atoms. The van der Waals surface area contributed by atoms with Crippen molar-refractivity contribution in [2.75, 3.05) is 6.54 Å². The van der Waals surface area contributed by atoms with E-state index in [4.69, 9.17) is 0 Å². The van der Waals surface area contributed by atoms with Crippen molar-refractivity contribution in [1.29, 1.82) is 0 Å². The van der Waals surface area contributed by atoms with E-state index in [-0.39, 0.29) is 5.91 Å². The van der Waals surface area contributed by atoms with Gasteiger partial charge in [-0.25, -0.2) is 0 Å². The second-order valence-corrected chi connectivity index (χ2v) is 6.09. The van der Waals surface area contributed by atoms with Gasteiger partial charge in [-0.15, -0.1) is 6.58 Å². The molecule has 3 nitrogen and oxygen atoms in total. The zero-order valence-corrected chi connectivity index (χ0v) is 14.0. The van der Waals surface area contributed by atoms with Gasteiger partial charge in [-0.1, -0.05) is 54.1 Å². The van der Waals surface area contributed by atoms with Crippen molar-refractivity contribution >= 4 is 16.8 Å². The zero-order chi connectivity index (χ0) is 16.9. The standard InChI is InChI=1S/C21H22N2O/c1-3-11-23(15-17-8-6-7-16(2)12-17)21(24)13-18-14-22-20-10-5-4-9-19(18)20/h3-10,12,14,22H,1,11,13,15H2,2H3. The normalized spacial score (nSPS) is 10.7. The Morgan fingerprint density at radius 3 is 2.83 bits per heavy atom. The van der Waals surface area contributed by atoms with Gasteiger partial charge in [-0.2, -0.15) is 0 Å². The Balaban J connectivity index is 1.78. The lowest BCUT2D eigenvalue weighted by molar-refractivity contribution is -0.130. The number of aryl methyl sites for hydroxylation is 1. The molecular formula is C21H22N2O. The number of hydrogen-bond acceptors (Lipinski definition) is 1. The number of aromatic amines is 1. The first-order valence-corrected chi connectivity index (χ1v) is 8.16. The van der Waals surface area contributed by atoms with E-state index in [0.717, 1.165) is 22.0 Å². The zero-order valence-electron chi connectivity index (χ0n) is 14.0. The molecule has 0 aliphatic carbocycles. The molecule has 1 N–H and O–H groups in total. The summed E-state index contributed by atoms with van der Waals surface area (Å²) in [6.45, 7) is 7.01. The Morgan fingerprint density at radius 1 is 1.21 bits per heavy atom. The number of carbonyl (C=O) groups excluding carboxylic acids is 1. The Kier molecular flexibility index (Phi) is 4.80. The summed E-state index contributed by atoms with van der Waals surface area (Å²) >= 11 is 0. The molecule has 24 heavy (non-hydrogen) atoms. The maximum absolute atomic E-state index is 12.8. The number of amides is 1. The van der Waals surface area contributed by atoms with E-state index in [2.05, 4.69) is 36.7 Å². The predicted molar refractivity (Wildman–Crippen MR) is 98.8 cm³/mol. The fraction of sp³-hybridized carbons (Fsp3) is 0.190. The van der Waals surface area contributed by atoms with Crippen molar-refractivity contribution in [3.63, 3.8) is 0 Å². The predicted octanol–water partition coefficient (Wildman–Crippen LogP) is 4.23. The molecule has 0 radical (unpaired) electrons. The third kappa shape index (κ3) is 3.57. The van der Waals surface area contributed by atoms with Gasteiger partial charge in [-0.05, 0) is 24.1 Å². The van der Waals surface area contributed by atoms with Crippen molar-refractivity contribution in [1.82, 2.24) is 9.88 Å². The van der Waals surface area contributed by atoms with E-state index >= 15 is 0 Å². The lowest BCUT2D eigenvalue weighted by Crippen LogP contribution is -2.32. The molecule has 0 aliphatic heterocycles. The fourth-order valence-corrected chi connectivity index (χ4v) is 2.99. The van der Waals surface area contributed by atoms with Crippen LogP contribution in [0.15, 0.2) is 67.4 Å². The number of carbonyl (C=O) groups is 1. The van der Waals surface area contributed by atoms with Crippen molar-refractivity contribution in [2.24, 2.45) is 0 Å². The van der Waals surface area contributed by atoms with Crippen molar-refractivity contribution in [2.45, 2.75) is 19.9 Å². The van der Waals surface area contributed by atoms with Crippen LogP contribution in [0.2, 0.25) is 0 Å². The van der Waals surface area contributed by atoms with Gasteiger partial charge in [-0.3, -0.25) is 4.79 Å². The van der Waals surface area contributed by atoms with E-state index < -0.39 is 0 Å². The number of hydrogen-bond donors (Lipinski definition) is 1. The first-order chi connectivity index (χ1) is 11.7. The molecule has 0 spiro atoms. The summed E-state index contributed by atoms with van der Waals surface area (Å²) in [5, 5.41) is 1.11. The van der Waals surface area contributed by atoms with Crippen LogP contribution in [0.4, 0.5) is 0 Å². The molecule has 0 saturated carbocycles. The molecular weight excluding hydrogens is 296 g/mol. The number of fused-ring (bicyclic) bond motifs is 1. The van der Waals surface area contributed by atoms with E-state index in [9.17, 15) is 4.79 Å². The maximum atomic E-state index is 12.8. The second kappa shape index (κ2) is 7.18. The Morgan fingerprint density at radius 2 is 2.04 bits per heavy atom. The highest BCUT2D eigenvalue weighted by molar-refractivity contribution is 5.88. The molecule has 1 heterocycles. The molecule has 0 aliphatic rings. The highest BCUT2D eigenvalue weighted by Gasteiger charge is 2.15. The minimum absolute atomic E-state index is 0.112. The van der Waals surface area contributed by atoms with Crippen LogP contribution in [-0.2, 0) is 17.8 Å². The van der Waals surface area contributed by atoms with Gasteiger partial charge in [0.25, 0.3) is 0 Å². The van der Waals surface area contributed by atoms with Gasteiger partial charge in [0.05, 0.1) is 6.42 Å². The van der Waals surface area contributed by atoms with Crippen LogP contribution in [0.25, 0.3) is 10.9 Å². The monoisotopic (exact) mass is 318 g/mol. The van der Waals surface area contributed by atoms with Gasteiger partial charge in [0.2, 0.25) is 5.91 Å². The average Bonchev–Trinajstić information content (AvgIpc) is 2.98. The van der Waals surface area contributed by atoms with Gasteiger partial charge in [0.15, 0.2) is 0 Å². The van der Waals surface area contributed by atoms with Crippen molar-refractivity contribution in [3.8, 4) is 0 Å². The number of benzene rings is 2. The fourth-order valence-electron chi connectivity index (χ4n) is 2.99. The van der Waals surface area contributed by atoms with E-state index in [0.29, 0.717) is 19.5 Å². The van der Waals surface area contributed by atoms with E-state index in [1.54, 1.807) is 6.08 Å². The van der Waals surface area contributed by atoms with Gasteiger partial charge in [0, 0.05) is 30.2 Å². The molecule has 3 rings (SSSR count). The minimum Gasteiger partial charge on any atom is -0.361 e. The summed E-state index contributed by atoms with van der Waals surface area (Å²) in [6.07, 6.45) is 4.11. The highest BCUT2D eigenvalue weighted by atomic mass is 16.2. The number of nitrogens with one attached hydrogen (secondary N) is 1. The smallest absolute Gasteiger partial charge is 0.227 e. The van der Waals surface area contributed by atoms with Crippen LogP contribution >= 0.6 is 0 Å². The SMILES string of the molecule is C=CCN(Cc1cccc(C)c1)C(=O)Cc1c[nH]c2ccccc12. The van der Waals surface area contributed by atoms with Crippen LogP contribution in [-0.4, -0.2) is 22.3 Å². The Hall–Kier alpha value is -2.81. The quantitative estimate of drug-likeness (QED) is 0.678. The average molecular weight is 318 g/mol. The lowest BCUT2D eigenvalue weighted by atomic mass is 10.1. The molecule has 2 aromatic carbocycles. The van der Waals surface area contributed by atoms with Crippen molar-refractivity contribution in [3.05, 3.63) is 84.1 Å². The van der Waals surface area contributed by atoms with E-state index in [1.807, 2.05) is 41.4 Å². The number of para-hydroxylation sites is 1. The molecule has 0 saturated heterocycles. The molecule has 0 atom stereocenters.